The van der Waals surface area contributed by atoms with Gasteiger partial charge in [-0.05, 0) is 140 Å². The van der Waals surface area contributed by atoms with Gasteiger partial charge in [-0.25, -0.2) is 0 Å². The van der Waals surface area contributed by atoms with E-state index in [0.717, 1.165) is 113 Å². The number of hydrogen-bond donors (Lipinski definition) is 1. The molecule has 0 heterocycles. The number of aromatic hydroxyl groups is 1. The van der Waals surface area contributed by atoms with E-state index in [9.17, 15) is 5.11 Å². The molecule has 1 aliphatic rings. The lowest BCUT2D eigenvalue weighted by atomic mass is 9.88. The Hall–Kier alpha value is -4.94. The van der Waals surface area contributed by atoms with E-state index in [1.165, 1.54) is 53.5 Å². The fourth-order valence-corrected chi connectivity index (χ4v) is 9.09. The molecule has 5 aromatic rings. The molecule has 0 radical (unpaired) electrons. The predicted molar refractivity (Wildman–Crippen MR) is 262 cm³/mol. The van der Waals surface area contributed by atoms with Gasteiger partial charge in [0, 0.05) is 43.4 Å². The smallest absolute Gasteiger partial charge is 0.126 e. The zero-order valence-corrected chi connectivity index (χ0v) is 39.9. The van der Waals surface area contributed by atoms with Crippen LogP contribution >= 0.6 is 0 Å². The molecular formula is C57H75NO5. The third-order valence-corrected chi connectivity index (χ3v) is 11.9. The van der Waals surface area contributed by atoms with Gasteiger partial charge < -0.3 is 24.1 Å². The molecule has 0 unspecified atom stereocenters. The molecule has 0 atom stereocenters. The molecule has 8 bridgehead atoms. The minimum atomic E-state index is 0.237. The summed E-state index contributed by atoms with van der Waals surface area (Å²) in [4.78, 5) is 2.64. The van der Waals surface area contributed by atoms with E-state index in [0.29, 0.717) is 52.1 Å². The van der Waals surface area contributed by atoms with Crippen molar-refractivity contribution in [1.29, 1.82) is 0 Å². The summed E-state index contributed by atoms with van der Waals surface area (Å²) in [6, 6.07) is 26.7. The third kappa shape index (κ3) is 12.6. The summed E-state index contributed by atoms with van der Waals surface area (Å²) in [6.07, 6.45) is 10.6. The van der Waals surface area contributed by atoms with E-state index >= 15 is 0 Å². The van der Waals surface area contributed by atoms with E-state index in [1.807, 2.05) is 12.1 Å². The number of nitrogens with zero attached hydrogens (tertiary/aromatic N) is 1. The first-order valence-corrected chi connectivity index (χ1v) is 24.3. The topological polar surface area (TPSA) is 60.4 Å². The molecule has 0 fully saturated rings. The first-order valence-electron chi connectivity index (χ1n) is 24.3. The van der Waals surface area contributed by atoms with Crippen LogP contribution in [-0.4, -0.2) is 49.5 Å². The Morgan fingerprint density at radius 1 is 0.444 bits per heavy atom. The van der Waals surface area contributed by atoms with Crippen molar-refractivity contribution in [2.24, 2.45) is 0 Å². The van der Waals surface area contributed by atoms with Crippen LogP contribution in [0.25, 0.3) is 11.1 Å². The van der Waals surface area contributed by atoms with Gasteiger partial charge in [0.2, 0.25) is 0 Å². The normalized spacial score (nSPS) is 12.4. The maximum absolute atomic E-state index is 11.5. The van der Waals surface area contributed by atoms with Crippen molar-refractivity contribution >= 4 is 0 Å². The van der Waals surface area contributed by atoms with Crippen LogP contribution in [0.5, 0.6) is 28.7 Å². The van der Waals surface area contributed by atoms with Crippen molar-refractivity contribution in [1.82, 2.24) is 4.90 Å². The molecule has 5 aromatic carbocycles. The number of phenols is 1. The second-order valence-corrected chi connectivity index (χ2v) is 17.8. The van der Waals surface area contributed by atoms with Crippen LogP contribution in [0.2, 0.25) is 0 Å². The van der Waals surface area contributed by atoms with Crippen molar-refractivity contribution in [3.05, 3.63) is 134 Å². The standard InChI is InChI=1S/C57H75NO5/c1-9-15-20-58(21-16-10-2)39-42-29-47-35-50-34-46(45-27-40(7)26-41(8)28-45)33-49(56(50)62-24-13-5)31-43-18-17-19-44(54(43)60-22-11-3)32-51-37-53(59)38-52(57(51)63-25-14-6)36-48(30-42)55(47)61-23-12-4/h17-19,26-30,33-34,37-38,59H,9-16,20-25,31-32,35-36,39H2,1-8H3. The van der Waals surface area contributed by atoms with E-state index in [4.69, 9.17) is 18.9 Å². The Labute approximate surface area is 380 Å². The fourth-order valence-electron chi connectivity index (χ4n) is 9.09. The van der Waals surface area contributed by atoms with Crippen LogP contribution in [0.15, 0.2) is 72.8 Å². The minimum Gasteiger partial charge on any atom is -0.508 e. The molecule has 338 valence electrons. The van der Waals surface area contributed by atoms with Crippen LogP contribution in [0, 0.1) is 13.8 Å². The lowest BCUT2D eigenvalue weighted by Gasteiger charge is -2.26. The lowest BCUT2D eigenvalue weighted by molar-refractivity contribution is 0.256. The maximum Gasteiger partial charge on any atom is 0.126 e. The number of fused-ring (bicyclic) bond motifs is 8. The second kappa shape index (κ2) is 23.7. The zero-order chi connectivity index (χ0) is 44.7. The molecular weight excluding hydrogens is 779 g/mol. The van der Waals surface area contributed by atoms with Gasteiger partial charge in [-0.2, -0.15) is 0 Å². The third-order valence-electron chi connectivity index (χ3n) is 11.9. The Morgan fingerprint density at radius 3 is 1.22 bits per heavy atom. The summed E-state index contributed by atoms with van der Waals surface area (Å²) in [6.45, 7) is 23.0. The molecule has 1 N–H and O–H groups in total. The van der Waals surface area contributed by atoms with Gasteiger partial charge in [0.25, 0.3) is 0 Å². The van der Waals surface area contributed by atoms with Crippen molar-refractivity contribution in [2.45, 2.75) is 139 Å². The van der Waals surface area contributed by atoms with Crippen molar-refractivity contribution in [3.8, 4) is 39.9 Å². The first-order chi connectivity index (χ1) is 30.7. The Kier molecular flexibility index (Phi) is 17.9. The van der Waals surface area contributed by atoms with Crippen LogP contribution in [0.1, 0.15) is 154 Å². The molecule has 0 aromatic heterocycles. The van der Waals surface area contributed by atoms with E-state index in [-0.39, 0.29) is 5.75 Å². The number of ether oxygens (including phenoxy) is 4. The second-order valence-electron chi connectivity index (χ2n) is 17.8. The Balaban J connectivity index is 1.69. The van der Waals surface area contributed by atoms with Crippen molar-refractivity contribution < 1.29 is 24.1 Å². The number of phenolic OH excluding ortho intramolecular Hbond substituents is 1. The summed E-state index contributed by atoms with van der Waals surface area (Å²) in [5, 5.41) is 11.5. The van der Waals surface area contributed by atoms with E-state index in [1.54, 1.807) is 0 Å². The fraction of sp³-hybridized carbons (Fsp3) is 0.474. The zero-order valence-electron chi connectivity index (χ0n) is 39.9. The number of para-hydroxylation sites is 1. The van der Waals surface area contributed by atoms with Crippen LogP contribution in [0.4, 0.5) is 0 Å². The highest BCUT2D eigenvalue weighted by Crippen LogP contribution is 2.42. The quantitative estimate of drug-likeness (QED) is 0.0778. The maximum atomic E-state index is 11.5. The molecule has 6 rings (SSSR count). The largest absolute Gasteiger partial charge is 0.508 e. The number of hydrogen-bond acceptors (Lipinski definition) is 6. The summed E-state index contributed by atoms with van der Waals surface area (Å²) in [7, 11) is 0. The van der Waals surface area contributed by atoms with Crippen LogP contribution < -0.4 is 18.9 Å². The average Bonchev–Trinajstić information content (AvgIpc) is 3.25. The lowest BCUT2D eigenvalue weighted by Crippen LogP contribution is -2.25. The SMILES string of the molecule is CCCCN(CCCC)Cc1cc2c(OCCC)c(c1)Cc1cc(-c3cc(C)cc(C)c3)cc(c1OCCC)Cc1cccc(c1OCCC)Cc1cc(O)cc(c1OCCC)C2. The average molecular weight is 854 g/mol. The first kappa shape index (κ1) is 47.5. The summed E-state index contributed by atoms with van der Waals surface area (Å²) in [5.41, 5.74) is 14.8. The van der Waals surface area contributed by atoms with Gasteiger partial charge in [0.05, 0.1) is 26.4 Å². The van der Waals surface area contributed by atoms with Gasteiger partial charge in [-0.15, -0.1) is 0 Å². The molecule has 6 nitrogen and oxygen atoms in total. The highest BCUT2D eigenvalue weighted by Gasteiger charge is 2.25. The van der Waals surface area contributed by atoms with Gasteiger partial charge >= 0.3 is 0 Å². The van der Waals surface area contributed by atoms with Crippen LogP contribution in [-0.2, 0) is 32.2 Å². The van der Waals surface area contributed by atoms with Crippen molar-refractivity contribution in [2.75, 3.05) is 39.5 Å². The van der Waals surface area contributed by atoms with Gasteiger partial charge in [-0.3, -0.25) is 4.90 Å². The number of benzene rings is 5. The molecule has 0 aliphatic heterocycles. The summed E-state index contributed by atoms with van der Waals surface area (Å²) >= 11 is 0. The number of rotatable bonds is 21. The highest BCUT2D eigenvalue weighted by atomic mass is 16.5. The highest BCUT2D eigenvalue weighted by molar-refractivity contribution is 5.70. The van der Waals surface area contributed by atoms with E-state index in [2.05, 4.69) is 121 Å². The monoisotopic (exact) mass is 854 g/mol. The molecule has 0 spiro atoms. The minimum absolute atomic E-state index is 0.237. The Bertz CT molecular complexity index is 2230. The summed E-state index contributed by atoms with van der Waals surface area (Å²) in [5.74, 6) is 3.86. The van der Waals surface area contributed by atoms with Gasteiger partial charge in [0.15, 0.2) is 0 Å². The summed E-state index contributed by atoms with van der Waals surface area (Å²) < 4.78 is 27.3. The van der Waals surface area contributed by atoms with Gasteiger partial charge in [0.1, 0.15) is 28.7 Å². The van der Waals surface area contributed by atoms with Crippen molar-refractivity contribution in [3.63, 3.8) is 0 Å². The molecule has 0 amide bonds. The Morgan fingerprint density at radius 2 is 0.810 bits per heavy atom. The molecule has 1 aliphatic carbocycles. The molecule has 6 heteroatoms. The predicted octanol–water partition coefficient (Wildman–Crippen LogP) is 13.9. The molecule has 63 heavy (non-hydrogen) atoms. The molecule has 0 saturated heterocycles. The van der Waals surface area contributed by atoms with E-state index < -0.39 is 0 Å². The number of unbranched alkanes of at least 4 members (excludes halogenated alkanes) is 2. The van der Waals surface area contributed by atoms with Crippen LogP contribution in [0.3, 0.4) is 0 Å². The van der Waals surface area contributed by atoms with Gasteiger partial charge in [-0.1, -0.05) is 114 Å². The number of aryl methyl sites for hydroxylation is 2. The molecule has 0 saturated carbocycles.